The zero-order chi connectivity index (χ0) is 13.6. The second-order valence-electron chi connectivity index (χ2n) is 2.53. The largest absolute Gasteiger partial charge is 0.394 e. The number of carbonyl (C=O) groups excluding carboxylic acids is 1. The number of benzene rings is 1. The second-order valence-corrected chi connectivity index (χ2v) is 4.34. The van der Waals surface area contributed by atoms with Crippen molar-refractivity contribution in [2.24, 2.45) is 0 Å². The molecule has 0 saturated heterocycles. The maximum absolute atomic E-state index is 10.4. The first kappa shape index (κ1) is 15.6. The second kappa shape index (κ2) is 6.39. The van der Waals surface area contributed by atoms with Crippen LogP contribution in [0.15, 0.2) is 22.7 Å². The molecule has 8 nitrogen and oxygen atoms in total. The number of carbonyl (C=O) groups is 1. The zero-order valence-corrected chi connectivity index (χ0v) is 10.4. The minimum absolute atomic E-state index is 0.0781. The molecule has 0 bridgehead atoms. The summed E-state index contributed by atoms with van der Waals surface area (Å²) in [5, 5.41) is 10.3. The van der Waals surface area contributed by atoms with E-state index in [1.807, 2.05) is 0 Å². The average Bonchev–Trinajstić information content (AvgIpc) is 2.14. The molecule has 0 aliphatic heterocycles. The van der Waals surface area contributed by atoms with Crippen molar-refractivity contribution in [3.63, 3.8) is 0 Å². The maximum atomic E-state index is 10.4. The van der Waals surface area contributed by atoms with Gasteiger partial charge in [0.1, 0.15) is 0 Å². The molecular formula is C7H6BrNO7S. The summed E-state index contributed by atoms with van der Waals surface area (Å²) < 4.78 is 32.2. The Bertz CT molecular complexity index is 519. The van der Waals surface area contributed by atoms with Gasteiger partial charge in [-0.3, -0.25) is 24.0 Å². The van der Waals surface area contributed by atoms with Gasteiger partial charge in [-0.1, -0.05) is 15.9 Å². The Morgan fingerprint density at radius 3 is 2.18 bits per heavy atom. The van der Waals surface area contributed by atoms with Crippen LogP contribution in [0.1, 0.15) is 10.4 Å². The molecule has 0 aromatic heterocycles. The van der Waals surface area contributed by atoms with Crippen molar-refractivity contribution < 1.29 is 27.2 Å². The number of halogens is 1. The Labute approximate surface area is 104 Å². The minimum Gasteiger partial charge on any atom is -0.298 e. The number of nitro groups is 1. The Morgan fingerprint density at radius 2 is 1.82 bits per heavy atom. The first-order valence-electron chi connectivity index (χ1n) is 3.74. The topological polar surface area (TPSA) is 135 Å². The third kappa shape index (κ3) is 7.52. The van der Waals surface area contributed by atoms with Crippen LogP contribution >= 0.6 is 15.9 Å². The van der Waals surface area contributed by atoms with E-state index in [-0.39, 0.29) is 11.3 Å². The van der Waals surface area contributed by atoms with Crippen LogP contribution in [0.3, 0.4) is 0 Å². The fraction of sp³-hybridized carbons (Fsp3) is 0. The van der Waals surface area contributed by atoms with E-state index in [9.17, 15) is 14.9 Å². The summed E-state index contributed by atoms with van der Waals surface area (Å²) in [6, 6.07) is 4.21. The van der Waals surface area contributed by atoms with Gasteiger partial charge in [0, 0.05) is 10.5 Å². The van der Waals surface area contributed by atoms with Crippen LogP contribution in [-0.4, -0.2) is 28.7 Å². The summed E-state index contributed by atoms with van der Waals surface area (Å²) in [4.78, 5) is 20.1. The van der Waals surface area contributed by atoms with Gasteiger partial charge in [-0.05, 0) is 12.1 Å². The highest BCUT2D eigenvalue weighted by molar-refractivity contribution is 9.10. The van der Waals surface area contributed by atoms with E-state index in [4.69, 9.17) is 17.5 Å². The number of nitro benzene ring substituents is 1. The summed E-state index contributed by atoms with van der Waals surface area (Å²) in [6.07, 6.45) is 0.461. The lowest BCUT2D eigenvalue weighted by Crippen LogP contribution is -1.93. The first-order chi connectivity index (χ1) is 7.65. The number of aldehydes is 1. The summed E-state index contributed by atoms with van der Waals surface area (Å²) in [7, 11) is -4.67. The van der Waals surface area contributed by atoms with E-state index < -0.39 is 15.3 Å². The van der Waals surface area contributed by atoms with Crippen molar-refractivity contribution in [3.8, 4) is 0 Å². The highest BCUT2D eigenvalue weighted by atomic mass is 79.9. The molecular weight excluding hydrogens is 322 g/mol. The van der Waals surface area contributed by atoms with Crippen molar-refractivity contribution in [3.05, 3.63) is 38.3 Å². The lowest BCUT2D eigenvalue weighted by Gasteiger charge is -1.94. The van der Waals surface area contributed by atoms with Gasteiger partial charge in [0.15, 0.2) is 6.29 Å². The molecule has 1 aromatic carbocycles. The van der Waals surface area contributed by atoms with E-state index in [0.29, 0.717) is 10.8 Å². The van der Waals surface area contributed by atoms with E-state index in [2.05, 4.69) is 15.9 Å². The predicted octanol–water partition coefficient (Wildman–Crippen LogP) is 1.52. The standard InChI is InChI=1S/C7H4BrNO3.H2O4S/c8-6-1-2-7(9(11)12)5(3-6)4-10;1-5(2,3)4/h1-4H;(H2,1,2,3,4). The molecule has 0 aliphatic carbocycles. The van der Waals surface area contributed by atoms with Gasteiger partial charge in [-0.15, -0.1) is 0 Å². The molecule has 10 heteroatoms. The summed E-state index contributed by atoms with van der Waals surface area (Å²) in [5.74, 6) is 0. The molecule has 0 heterocycles. The van der Waals surface area contributed by atoms with Crippen LogP contribution in [0.2, 0.25) is 0 Å². The molecule has 94 valence electrons. The van der Waals surface area contributed by atoms with Gasteiger partial charge in [-0.25, -0.2) is 0 Å². The first-order valence-corrected chi connectivity index (χ1v) is 5.93. The number of hydrogen-bond acceptors (Lipinski definition) is 5. The SMILES string of the molecule is O=Cc1cc(Br)ccc1[N+](=O)[O-].O=S(=O)(O)O. The van der Waals surface area contributed by atoms with Gasteiger partial charge in [0.05, 0.1) is 10.5 Å². The Hall–Kier alpha value is -1.36. The van der Waals surface area contributed by atoms with Gasteiger partial charge in [0.25, 0.3) is 5.69 Å². The van der Waals surface area contributed by atoms with Crippen LogP contribution in [0, 0.1) is 10.1 Å². The average molecular weight is 328 g/mol. The lowest BCUT2D eigenvalue weighted by atomic mass is 10.2. The fourth-order valence-corrected chi connectivity index (χ4v) is 1.16. The Balaban J connectivity index is 0.000000437. The normalized spacial score (nSPS) is 10.1. The zero-order valence-electron chi connectivity index (χ0n) is 7.98. The van der Waals surface area contributed by atoms with Gasteiger partial charge >= 0.3 is 10.4 Å². The summed E-state index contributed by atoms with van der Waals surface area (Å²) in [5.41, 5.74) is -0.0948. The van der Waals surface area contributed by atoms with Gasteiger partial charge in [-0.2, -0.15) is 8.42 Å². The van der Waals surface area contributed by atoms with E-state index in [1.165, 1.54) is 18.2 Å². The Morgan fingerprint density at radius 1 is 1.35 bits per heavy atom. The van der Waals surface area contributed by atoms with Gasteiger partial charge < -0.3 is 0 Å². The highest BCUT2D eigenvalue weighted by Crippen LogP contribution is 2.20. The van der Waals surface area contributed by atoms with E-state index in [0.717, 1.165) is 0 Å². The Kier molecular flexibility index (Phi) is 5.88. The smallest absolute Gasteiger partial charge is 0.298 e. The fourth-order valence-electron chi connectivity index (χ4n) is 0.786. The number of rotatable bonds is 2. The number of nitrogens with zero attached hydrogens (tertiary/aromatic N) is 1. The predicted molar refractivity (Wildman–Crippen MR) is 60.4 cm³/mol. The van der Waals surface area contributed by atoms with Crippen LogP contribution < -0.4 is 0 Å². The van der Waals surface area contributed by atoms with Crippen LogP contribution in [-0.2, 0) is 10.4 Å². The van der Waals surface area contributed by atoms with Crippen LogP contribution in [0.4, 0.5) is 5.69 Å². The molecule has 0 spiro atoms. The third-order valence-corrected chi connectivity index (χ3v) is 1.81. The maximum Gasteiger partial charge on any atom is 0.394 e. The molecule has 0 atom stereocenters. The minimum atomic E-state index is -4.67. The molecule has 0 saturated carbocycles. The van der Waals surface area contributed by atoms with Crippen molar-refractivity contribution in [2.75, 3.05) is 0 Å². The molecule has 0 unspecified atom stereocenters. The molecule has 1 aromatic rings. The molecule has 0 radical (unpaired) electrons. The molecule has 0 fully saturated rings. The van der Waals surface area contributed by atoms with Gasteiger partial charge in [0.2, 0.25) is 0 Å². The summed E-state index contributed by atoms with van der Waals surface area (Å²) >= 11 is 3.10. The van der Waals surface area contributed by atoms with Crippen molar-refractivity contribution in [1.82, 2.24) is 0 Å². The monoisotopic (exact) mass is 327 g/mol. The van der Waals surface area contributed by atoms with E-state index in [1.54, 1.807) is 0 Å². The summed E-state index contributed by atoms with van der Waals surface area (Å²) in [6.45, 7) is 0. The van der Waals surface area contributed by atoms with Crippen molar-refractivity contribution in [1.29, 1.82) is 0 Å². The molecule has 0 aliphatic rings. The van der Waals surface area contributed by atoms with Crippen molar-refractivity contribution in [2.45, 2.75) is 0 Å². The van der Waals surface area contributed by atoms with Crippen LogP contribution in [0.25, 0.3) is 0 Å². The van der Waals surface area contributed by atoms with Crippen LogP contribution in [0.5, 0.6) is 0 Å². The highest BCUT2D eigenvalue weighted by Gasteiger charge is 2.11. The lowest BCUT2D eigenvalue weighted by molar-refractivity contribution is -0.385. The quantitative estimate of drug-likeness (QED) is 0.363. The third-order valence-electron chi connectivity index (χ3n) is 1.31. The molecule has 2 N–H and O–H groups in total. The molecule has 17 heavy (non-hydrogen) atoms. The number of hydrogen-bond donors (Lipinski definition) is 2. The molecule has 1 rings (SSSR count). The van der Waals surface area contributed by atoms with E-state index >= 15 is 0 Å². The molecule has 0 amide bonds. The van der Waals surface area contributed by atoms with Crippen molar-refractivity contribution >= 4 is 38.3 Å².